The molecule has 0 radical (unpaired) electrons. The zero-order valence-electron chi connectivity index (χ0n) is 17.1. The van der Waals surface area contributed by atoms with Crippen LogP contribution in [0.2, 0.25) is 0 Å². The molecule has 28 heavy (non-hydrogen) atoms. The number of amides is 1. The quantitative estimate of drug-likeness (QED) is 0.823. The molecule has 1 aliphatic rings. The maximum Gasteiger partial charge on any atom is 0.410 e. The first-order chi connectivity index (χ1) is 13.1. The number of aromatic nitrogens is 3. The molecule has 2 aromatic heterocycles. The summed E-state index contributed by atoms with van der Waals surface area (Å²) in [6, 6.07) is 1.95. The molecule has 3 heterocycles. The van der Waals surface area contributed by atoms with Crippen molar-refractivity contribution in [2.45, 2.75) is 46.3 Å². The lowest BCUT2D eigenvalue weighted by molar-refractivity contribution is -0.0371. The summed E-state index contributed by atoms with van der Waals surface area (Å²) in [4.78, 5) is 27.2. The number of hydrogen-bond acceptors (Lipinski definition) is 8. The largest absolute Gasteiger partial charge is 0.444 e. The summed E-state index contributed by atoms with van der Waals surface area (Å²) < 4.78 is 11.2. The number of fused-ring (bicyclic) bond motifs is 1. The van der Waals surface area contributed by atoms with Gasteiger partial charge in [-0.2, -0.15) is 9.97 Å². The van der Waals surface area contributed by atoms with Gasteiger partial charge in [-0.05, 0) is 46.2 Å². The van der Waals surface area contributed by atoms with Gasteiger partial charge in [0.2, 0.25) is 5.95 Å². The lowest BCUT2D eigenvalue weighted by Crippen LogP contribution is -2.49. The third-order valence-corrected chi connectivity index (χ3v) is 4.30. The van der Waals surface area contributed by atoms with E-state index in [1.807, 2.05) is 40.7 Å². The van der Waals surface area contributed by atoms with Crippen LogP contribution in [0.15, 0.2) is 6.07 Å². The van der Waals surface area contributed by atoms with Crippen LogP contribution in [-0.2, 0) is 9.47 Å². The van der Waals surface area contributed by atoms with Gasteiger partial charge >= 0.3 is 6.09 Å². The molecule has 152 valence electrons. The van der Waals surface area contributed by atoms with Crippen molar-refractivity contribution in [1.82, 2.24) is 19.9 Å². The van der Waals surface area contributed by atoms with E-state index in [1.165, 1.54) is 0 Å². The molecule has 1 amide bonds. The zero-order valence-corrected chi connectivity index (χ0v) is 17.1. The molecule has 0 spiro atoms. The molecule has 9 nitrogen and oxygen atoms in total. The van der Waals surface area contributed by atoms with Crippen molar-refractivity contribution in [3.8, 4) is 0 Å². The third-order valence-electron chi connectivity index (χ3n) is 4.30. The Bertz CT molecular complexity index is 880. The molecule has 9 heteroatoms. The highest BCUT2D eigenvalue weighted by atomic mass is 16.6. The van der Waals surface area contributed by atoms with Gasteiger partial charge in [0, 0.05) is 18.8 Å². The number of morpholine rings is 1. The fraction of sp³-hybridized carbons (Fsp3) is 0.579. The number of ether oxygens (including phenoxy) is 2. The Morgan fingerprint density at radius 1 is 1.36 bits per heavy atom. The number of pyridine rings is 1. The van der Waals surface area contributed by atoms with Gasteiger partial charge < -0.3 is 25.4 Å². The number of rotatable bonds is 3. The summed E-state index contributed by atoms with van der Waals surface area (Å²) >= 11 is 0. The van der Waals surface area contributed by atoms with Gasteiger partial charge in [0.05, 0.1) is 24.6 Å². The highest BCUT2D eigenvalue weighted by Crippen LogP contribution is 2.22. The Morgan fingerprint density at radius 2 is 2.11 bits per heavy atom. The summed E-state index contributed by atoms with van der Waals surface area (Å²) in [5.41, 5.74) is 8.01. The number of anilines is 2. The van der Waals surface area contributed by atoms with Crippen molar-refractivity contribution >= 4 is 28.9 Å². The summed E-state index contributed by atoms with van der Waals surface area (Å²) in [5.74, 6) is 0.776. The van der Waals surface area contributed by atoms with Gasteiger partial charge in [-0.25, -0.2) is 9.78 Å². The maximum atomic E-state index is 12.3. The lowest BCUT2D eigenvalue weighted by Gasteiger charge is -2.34. The number of nitrogens with two attached hydrogens (primary N) is 1. The van der Waals surface area contributed by atoms with Crippen molar-refractivity contribution < 1.29 is 14.3 Å². The van der Waals surface area contributed by atoms with Crippen LogP contribution in [0.1, 0.15) is 32.0 Å². The van der Waals surface area contributed by atoms with Gasteiger partial charge in [0.15, 0.2) is 5.65 Å². The Kier molecular flexibility index (Phi) is 5.55. The number of carbonyl (C=O) groups is 1. The number of aryl methyl sites for hydroxylation is 2. The molecule has 3 N–H and O–H groups in total. The first-order valence-corrected chi connectivity index (χ1v) is 9.37. The van der Waals surface area contributed by atoms with Crippen molar-refractivity contribution in [2.75, 3.05) is 37.3 Å². The number of nitrogens with one attached hydrogen (secondary N) is 1. The van der Waals surface area contributed by atoms with Crippen LogP contribution >= 0.6 is 0 Å². The van der Waals surface area contributed by atoms with E-state index in [9.17, 15) is 4.79 Å². The normalized spacial score (nSPS) is 17.6. The minimum atomic E-state index is -0.525. The number of carbonyl (C=O) groups excluding carboxylic acids is 1. The SMILES string of the molecule is Cc1cc(C)c2c(N)nc(NCC3CN(C(=O)OC(C)(C)C)CCO3)nc2n1. The van der Waals surface area contributed by atoms with Crippen LogP contribution in [-0.4, -0.2) is 63.9 Å². The monoisotopic (exact) mass is 388 g/mol. The van der Waals surface area contributed by atoms with Gasteiger partial charge in [-0.1, -0.05) is 0 Å². The predicted molar refractivity (Wildman–Crippen MR) is 107 cm³/mol. The minimum absolute atomic E-state index is 0.200. The Balaban J connectivity index is 1.66. The molecule has 1 unspecified atom stereocenters. The molecule has 1 saturated heterocycles. The van der Waals surface area contributed by atoms with E-state index in [-0.39, 0.29) is 12.2 Å². The van der Waals surface area contributed by atoms with Crippen LogP contribution in [0.5, 0.6) is 0 Å². The van der Waals surface area contributed by atoms with Crippen LogP contribution in [0, 0.1) is 13.8 Å². The van der Waals surface area contributed by atoms with E-state index in [2.05, 4.69) is 20.3 Å². The lowest BCUT2D eigenvalue weighted by atomic mass is 10.1. The number of nitrogens with zero attached hydrogens (tertiary/aromatic N) is 4. The second-order valence-electron chi connectivity index (χ2n) is 8.01. The van der Waals surface area contributed by atoms with E-state index in [0.717, 1.165) is 16.6 Å². The van der Waals surface area contributed by atoms with Crippen LogP contribution < -0.4 is 11.1 Å². The Morgan fingerprint density at radius 3 is 2.82 bits per heavy atom. The highest BCUT2D eigenvalue weighted by molar-refractivity contribution is 5.89. The van der Waals surface area contributed by atoms with Crippen LogP contribution in [0.3, 0.4) is 0 Å². The van der Waals surface area contributed by atoms with Gasteiger partial charge in [-0.3, -0.25) is 0 Å². The summed E-state index contributed by atoms with van der Waals surface area (Å²) in [5, 5.41) is 3.91. The van der Waals surface area contributed by atoms with E-state index in [0.29, 0.717) is 43.7 Å². The molecule has 0 aromatic carbocycles. The summed E-state index contributed by atoms with van der Waals surface area (Å²) in [6.07, 6.45) is -0.531. The summed E-state index contributed by atoms with van der Waals surface area (Å²) in [7, 11) is 0. The van der Waals surface area contributed by atoms with Gasteiger partial charge in [0.1, 0.15) is 11.4 Å². The molecular formula is C19H28N6O3. The number of nitrogen functional groups attached to an aromatic ring is 1. The number of hydrogen-bond donors (Lipinski definition) is 2. The van der Waals surface area contributed by atoms with Crippen molar-refractivity contribution in [3.05, 3.63) is 17.3 Å². The first kappa shape index (κ1) is 20.1. The van der Waals surface area contributed by atoms with Gasteiger partial charge in [-0.15, -0.1) is 0 Å². The topological polar surface area (TPSA) is 115 Å². The van der Waals surface area contributed by atoms with E-state index in [1.54, 1.807) is 4.90 Å². The molecule has 2 aromatic rings. The summed E-state index contributed by atoms with van der Waals surface area (Å²) in [6.45, 7) is 11.3. The average molecular weight is 388 g/mol. The standard InChI is InChI=1S/C19H28N6O3/c1-11-8-12(2)22-16-14(11)15(20)23-17(24-16)21-9-13-10-25(6-7-27-13)18(26)28-19(3,4)5/h8,13H,6-7,9-10H2,1-5H3,(H3,20,21,22,23,24). The van der Waals surface area contributed by atoms with Crippen molar-refractivity contribution in [2.24, 2.45) is 0 Å². The second-order valence-corrected chi connectivity index (χ2v) is 8.01. The molecular weight excluding hydrogens is 360 g/mol. The fourth-order valence-electron chi connectivity index (χ4n) is 3.13. The molecule has 1 aliphatic heterocycles. The van der Waals surface area contributed by atoms with Crippen molar-refractivity contribution in [1.29, 1.82) is 0 Å². The second kappa shape index (κ2) is 7.75. The smallest absolute Gasteiger partial charge is 0.410 e. The van der Waals surface area contributed by atoms with Crippen LogP contribution in [0.4, 0.5) is 16.6 Å². The molecule has 1 atom stereocenters. The maximum absolute atomic E-state index is 12.3. The van der Waals surface area contributed by atoms with E-state index in [4.69, 9.17) is 15.2 Å². The molecule has 0 saturated carbocycles. The Labute approximate surface area is 164 Å². The van der Waals surface area contributed by atoms with Gasteiger partial charge in [0.25, 0.3) is 0 Å². The third kappa shape index (κ3) is 4.78. The predicted octanol–water partition coefficient (Wildman–Crippen LogP) is 2.27. The molecule has 0 bridgehead atoms. The van der Waals surface area contributed by atoms with E-state index >= 15 is 0 Å². The average Bonchev–Trinajstić information content (AvgIpc) is 2.58. The molecule has 1 fully saturated rings. The minimum Gasteiger partial charge on any atom is -0.444 e. The fourth-order valence-corrected chi connectivity index (χ4v) is 3.13. The Hall–Kier alpha value is -2.68. The zero-order chi connectivity index (χ0) is 20.5. The van der Waals surface area contributed by atoms with Crippen LogP contribution in [0.25, 0.3) is 11.0 Å². The molecule has 0 aliphatic carbocycles. The first-order valence-electron chi connectivity index (χ1n) is 9.37. The van der Waals surface area contributed by atoms with Crippen molar-refractivity contribution in [3.63, 3.8) is 0 Å². The highest BCUT2D eigenvalue weighted by Gasteiger charge is 2.28. The van der Waals surface area contributed by atoms with E-state index < -0.39 is 5.60 Å². The molecule has 3 rings (SSSR count).